The Labute approximate surface area is 117 Å². The molecule has 0 aliphatic carbocycles. The summed E-state index contributed by atoms with van der Waals surface area (Å²) in [7, 11) is 0. The summed E-state index contributed by atoms with van der Waals surface area (Å²) in [5.41, 5.74) is 0.581. The van der Waals surface area contributed by atoms with Crippen molar-refractivity contribution >= 4 is 10.9 Å². The van der Waals surface area contributed by atoms with E-state index in [-0.39, 0.29) is 11.3 Å². The zero-order valence-electron chi connectivity index (χ0n) is 11.2. The van der Waals surface area contributed by atoms with Crippen molar-refractivity contribution in [2.75, 3.05) is 19.7 Å². The Morgan fingerprint density at radius 2 is 2.10 bits per heavy atom. The minimum absolute atomic E-state index is 0.108. The Kier molecular flexibility index (Phi) is 4.79. The molecule has 2 rings (SSSR count). The second-order valence-electron chi connectivity index (χ2n) is 4.45. The number of pyridine rings is 1. The maximum absolute atomic E-state index is 11.8. The largest absolute Gasteiger partial charge is 0.512 e. The molecule has 2 N–H and O–H groups in total. The van der Waals surface area contributed by atoms with Gasteiger partial charge in [0, 0.05) is 11.5 Å². The summed E-state index contributed by atoms with van der Waals surface area (Å²) < 4.78 is 1.32. The number of rotatable bonds is 7. The molecule has 0 radical (unpaired) electrons. The molecule has 5 nitrogen and oxygen atoms in total. The molecule has 1 aromatic heterocycles. The van der Waals surface area contributed by atoms with E-state index >= 15 is 0 Å². The number of benzene rings is 1. The quantitative estimate of drug-likeness (QED) is 0.593. The van der Waals surface area contributed by atoms with E-state index in [2.05, 4.69) is 11.9 Å². The smallest absolute Gasteiger partial charge is 0.283 e. The highest BCUT2D eigenvalue weighted by molar-refractivity contribution is 5.78. The van der Waals surface area contributed by atoms with E-state index in [0.717, 1.165) is 17.3 Å². The fourth-order valence-corrected chi connectivity index (χ4v) is 1.88. The van der Waals surface area contributed by atoms with Gasteiger partial charge in [0.2, 0.25) is 0 Å². The van der Waals surface area contributed by atoms with Gasteiger partial charge in [-0.25, -0.2) is 0 Å². The van der Waals surface area contributed by atoms with Crippen molar-refractivity contribution < 1.29 is 9.94 Å². The van der Waals surface area contributed by atoms with Gasteiger partial charge in [0.15, 0.2) is 0 Å². The summed E-state index contributed by atoms with van der Waals surface area (Å²) in [6.07, 6.45) is 0.725. The number of para-hydroxylation sites is 1. The Bertz CT molecular complexity index is 649. The van der Waals surface area contributed by atoms with E-state index in [9.17, 15) is 4.79 Å². The van der Waals surface area contributed by atoms with Crippen LogP contribution < -0.4 is 15.7 Å². The van der Waals surface area contributed by atoms with Crippen LogP contribution in [0.5, 0.6) is 0 Å². The first-order valence-electron chi connectivity index (χ1n) is 6.50. The SMILES string of the molecule is C=C(O)CNCCCOn1c(=O)ccc2ccccc21. The zero-order valence-corrected chi connectivity index (χ0v) is 11.2. The minimum atomic E-state index is -0.180. The van der Waals surface area contributed by atoms with Crippen molar-refractivity contribution in [3.63, 3.8) is 0 Å². The molecule has 0 spiro atoms. The number of fused-ring (bicyclic) bond motifs is 1. The third-order valence-corrected chi connectivity index (χ3v) is 2.81. The van der Waals surface area contributed by atoms with Gasteiger partial charge in [0.05, 0.1) is 17.8 Å². The van der Waals surface area contributed by atoms with Crippen LogP contribution in [0.15, 0.2) is 53.5 Å². The Hall–Kier alpha value is -2.27. The van der Waals surface area contributed by atoms with Crippen LogP contribution in [0.4, 0.5) is 0 Å². The van der Waals surface area contributed by atoms with Gasteiger partial charge in [0.1, 0.15) is 6.61 Å². The molecular formula is C15H18N2O3. The van der Waals surface area contributed by atoms with Crippen LogP contribution >= 0.6 is 0 Å². The van der Waals surface area contributed by atoms with Crippen LogP contribution in [-0.4, -0.2) is 29.5 Å². The predicted molar refractivity (Wildman–Crippen MR) is 78.9 cm³/mol. The lowest BCUT2D eigenvalue weighted by Gasteiger charge is -2.11. The summed E-state index contributed by atoms with van der Waals surface area (Å²) in [6, 6.07) is 10.9. The first kappa shape index (κ1) is 14.1. The van der Waals surface area contributed by atoms with Crippen molar-refractivity contribution in [2.45, 2.75) is 6.42 Å². The summed E-state index contributed by atoms with van der Waals surface area (Å²) in [6.45, 7) is 4.85. The molecule has 106 valence electrons. The van der Waals surface area contributed by atoms with E-state index in [1.54, 1.807) is 6.07 Å². The lowest BCUT2D eigenvalue weighted by atomic mass is 10.2. The van der Waals surface area contributed by atoms with Crippen molar-refractivity contribution in [3.8, 4) is 0 Å². The maximum Gasteiger partial charge on any atom is 0.283 e. The maximum atomic E-state index is 11.8. The van der Waals surface area contributed by atoms with Gasteiger partial charge in [0.25, 0.3) is 5.56 Å². The molecule has 0 aliphatic rings. The second-order valence-corrected chi connectivity index (χ2v) is 4.45. The molecule has 0 amide bonds. The van der Waals surface area contributed by atoms with Gasteiger partial charge in [-0.15, -0.1) is 4.73 Å². The normalized spacial score (nSPS) is 10.6. The van der Waals surface area contributed by atoms with Crippen molar-refractivity contribution in [3.05, 3.63) is 59.1 Å². The second kappa shape index (κ2) is 6.77. The van der Waals surface area contributed by atoms with Crippen LogP contribution in [0.3, 0.4) is 0 Å². The van der Waals surface area contributed by atoms with Gasteiger partial charge >= 0.3 is 0 Å². The number of aromatic nitrogens is 1. The lowest BCUT2D eigenvalue weighted by molar-refractivity contribution is 0.110. The number of hydrogen-bond acceptors (Lipinski definition) is 4. The average molecular weight is 274 g/mol. The summed E-state index contributed by atoms with van der Waals surface area (Å²) >= 11 is 0. The summed E-state index contributed by atoms with van der Waals surface area (Å²) in [5.74, 6) is 0.108. The van der Waals surface area contributed by atoms with Gasteiger partial charge in [-0.3, -0.25) is 4.79 Å². The van der Waals surface area contributed by atoms with Crippen LogP contribution in [-0.2, 0) is 0 Å². The molecule has 5 heteroatoms. The van der Waals surface area contributed by atoms with Crippen LogP contribution in [0.1, 0.15) is 6.42 Å². The fourth-order valence-electron chi connectivity index (χ4n) is 1.88. The van der Waals surface area contributed by atoms with E-state index in [4.69, 9.17) is 9.94 Å². The van der Waals surface area contributed by atoms with Gasteiger partial charge in [-0.05, 0) is 25.1 Å². The Morgan fingerprint density at radius 3 is 2.90 bits per heavy atom. The molecule has 20 heavy (non-hydrogen) atoms. The molecule has 0 saturated heterocycles. The molecule has 0 unspecified atom stereocenters. The number of nitrogens with zero attached hydrogens (tertiary/aromatic N) is 1. The highest BCUT2D eigenvalue weighted by atomic mass is 16.7. The molecule has 0 bridgehead atoms. The molecule has 1 heterocycles. The molecule has 0 aliphatic heterocycles. The first-order chi connectivity index (χ1) is 9.68. The van der Waals surface area contributed by atoms with Crippen molar-refractivity contribution in [1.82, 2.24) is 10.0 Å². The lowest BCUT2D eigenvalue weighted by Crippen LogP contribution is -2.28. The zero-order chi connectivity index (χ0) is 14.4. The summed E-state index contributed by atoms with van der Waals surface area (Å²) in [5, 5.41) is 12.9. The molecule has 0 atom stereocenters. The minimum Gasteiger partial charge on any atom is -0.512 e. The van der Waals surface area contributed by atoms with Gasteiger partial charge in [-0.2, -0.15) is 0 Å². The van der Waals surface area contributed by atoms with E-state index < -0.39 is 0 Å². The van der Waals surface area contributed by atoms with Crippen LogP contribution in [0.25, 0.3) is 10.9 Å². The number of aliphatic hydroxyl groups excluding tert-OH is 1. The molecular weight excluding hydrogens is 256 g/mol. The molecule has 0 fully saturated rings. The third kappa shape index (κ3) is 3.61. The fraction of sp³-hybridized carbons (Fsp3) is 0.267. The number of aliphatic hydroxyl groups is 1. The number of hydrogen-bond donors (Lipinski definition) is 2. The summed E-state index contributed by atoms with van der Waals surface area (Å²) in [4.78, 5) is 17.4. The molecule has 2 aromatic rings. The average Bonchev–Trinajstić information content (AvgIpc) is 2.44. The van der Waals surface area contributed by atoms with Gasteiger partial charge < -0.3 is 15.3 Å². The highest BCUT2D eigenvalue weighted by Crippen LogP contribution is 2.09. The highest BCUT2D eigenvalue weighted by Gasteiger charge is 2.02. The van der Waals surface area contributed by atoms with Crippen molar-refractivity contribution in [1.29, 1.82) is 0 Å². The predicted octanol–water partition coefficient (Wildman–Crippen LogP) is 1.48. The number of nitrogens with one attached hydrogen (secondary N) is 1. The van der Waals surface area contributed by atoms with E-state index in [1.807, 2.05) is 24.3 Å². The standard InChI is InChI=1S/C15H18N2O3/c1-12(18)11-16-9-4-10-20-17-14-6-3-2-5-13(14)7-8-15(17)19/h2-3,5-8,16,18H,1,4,9-11H2. The molecule has 0 saturated carbocycles. The van der Waals surface area contributed by atoms with Crippen molar-refractivity contribution in [2.24, 2.45) is 0 Å². The van der Waals surface area contributed by atoms with E-state index in [0.29, 0.717) is 19.7 Å². The topological polar surface area (TPSA) is 63.5 Å². The first-order valence-corrected chi connectivity index (χ1v) is 6.50. The van der Waals surface area contributed by atoms with Gasteiger partial charge in [-0.1, -0.05) is 24.8 Å². The van der Waals surface area contributed by atoms with E-state index in [1.165, 1.54) is 10.8 Å². The monoisotopic (exact) mass is 274 g/mol. The van der Waals surface area contributed by atoms with Crippen LogP contribution in [0.2, 0.25) is 0 Å². The third-order valence-electron chi connectivity index (χ3n) is 2.81. The Morgan fingerprint density at radius 1 is 1.30 bits per heavy atom. The molecule has 1 aromatic carbocycles. The Balaban J connectivity index is 1.94. The van der Waals surface area contributed by atoms with Crippen LogP contribution in [0, 0.1) is 0 Å².